The summed E-state index contributed by atoms with van der Waals surface area (Å²) in [6.45, 7) is 6.92. The van der Waals surface area contributed by atoms with Crippen molar-refractivity contribution in [3.63, 3.8) is 0 Å². The van der Waals surface area contributed by atoms with E-state index >= 15 is 0 Å². The van der Waals surface area contributed by atoms with Crippen LogP contribution in [0.5, 0.6) is 0 Å². The summed E-state index contributed by atoms with van der Waals surface area (Å²) in [5, 5.41) is 0. The summed E-state index contributed by atoms with van der Waals surface area (Å²) in [5.74, 6) is 4.56. The number of halogens is 1. The lowest BCUT2D eigenvalue weighted by Gasteiger charge is -2.58. The second kappa shape index (κ2) is 6.84. The smallest absolute Gasteiger partial charge is 0.320 e. The van der Waals surface area contributed by atoms with Crippen molar-refractivity contribution >= 4 is 21.9 Å². The average molecular weight is 411 g/mol. The van der Waals surface area contributed by atoms with Crippen molar-refractivity contribution in [1.82, 2.24) is 0 Å². The second-order valence-electron chi connectivity index (χ2n) is 10.4. The van der Waals surface area contributed by atoms with Crippen molar-refractivity contribution in [1.29, 1.82) is 0 Å². The van der Waals surface area contributed by atoms with Crippen molar-refractivity contribution in [2.75, 3.05) is 0 Å². The molecule has 4 bridgehead atoms. The van der Waals surface area contributed by atoms with Crippen LogP contribution in [0.25, 0.3) is 0 Å². The summed E-state index contributed by atoms with van der Waals surface area (Å²) in [6, 6.07) is 0. The van der Waals surface area contributed by atoms with Crippen LogP contribution < -0.4 is 0 Å². The lowest BCUT2D eigenvalue weighted by atomic mass is 9.49. The first-order valence-corrected chi connectivity index (χ1v) is 11.6. The van der Waals surface area contributed by atoms with E-state index in [4.69, 9.17) is 4.74 Å². The summed E-state index contributed by atoms with van der Waals surface area (Å²) in [7, 11) is 0. The molecule has 5 rings (SSSR count). The second-order valence-corrected chi connectivity index (χ2v) is 11.4. The molecule has 0 aromatic rings. The average Bonchev–Trinajstić information content (AvgIpc) is 2.54. The Hall–Kier alpha value is -0.0500. The lowest BCUT2D eigenvalue weighted by Crippen LogP contribution is -2.53. The number of rotatable bonds is 4. The van der Waals surface area contributed by atoms with Gasteiger partial charge in [0.1, 0.15) is 10.9 Å². The van der Waals surface area contributed by atoms with Crippen LogP contribution in [0.3, 0.4) is 0 Å². The molecule has 3 heteroatoms. The zero-order valence-corrected chi connectivity index (χ0v) is 17.8. The molecule has 2 nitrogen and oxygen atoms in total. The molecule has 5 aliphatic rings. The Morgan fingerprint density at radius 2 is 1.56 bits per heavy atom. The summed E-state index contributed by atoms with van der Waals surface area (Å²) in [5.41, 5.74) is 0.196. The highest BCUT2D eigenvalue weighted by Crippen LogP contribution is 2.62. The number of hydrogen-bond acceptors (Lipinski definition) is 2. The van der Waals surface area contributed by atoms with Gasteiger partial charge < -0.3 is 4.74 Å². The Balaban J connectivity index is 1.44. The van der Waals surface area contributed by atoms with E-state index in [0.29, 0.717) is 11.8 Å². The predicted octanol–water partition coefficient (Wildman–Crippen LogP) is 5.97. The fraction of sp³-hybridized carbons (Fsp3) is 0.955. The fourth-order valence-electron chi connectivity index (χ4n) is 7.19. The standard InChI is InChI=1S/C22H35BrO2/c1-13(2)18-6-14(3)4-5-19(18)25-21(24)20(23)22-10-15-7-16(11-22)9-17(8-15)12-22/h13-20H,4-12H2,1-3H3/t14-,15?,16?,17?,18+,19-,20+,22?/m1/s1. The predicted molar refractivity (Wildman–Crippen MR) is 105 cm³/mol. The molecule has 0 radical (unpaired) electrons. The Kier molecular flexibility index (Phi) is 5.01. The number of esters is 1. The fourth-order valence-corrected chi connectivity index (χ4v) is 7.86. The van der Waals surface area contributed by atoms with Gasteiger partial charge >= 0.3 is 5.97 Å². The Labute approximate surface area is 162 Å². The normalized spacial score (nSPS) is 47.1. The SMILES string of the molecule is CC(C)[C@@H]1C[C@H](C)CC[C@H]1OC(=O)[C@H](Br)C12CC3CC(CC(C3)C1)C2. The van der Waals surface area contributed by atoms with Crippen LogP contribution in [0.4, 0.5) is 0 Å². The Bertz CT molecular complexity index is 479. The van der Waals surface area contributed by atoms with Crippen molar-refractivity contribution in [3.05, 3.63) is 0 Å². The molecule has 4 atom stereocenters. The van der Waals surface area contributed by atoms with E-state index in [1.165, 1.54) is 51.4 Å². The van der Waals surface area contributed by atoms with Crippen LogP contribution in [0.1, 0.15) is 78.6 Å². The van der Waals surface area contributed by atoms with Crippen molar-refractivity contribution in [3.8, 4) is 0 Å². The molecule has 0 heterocycles. The zero-order chi connectivity index (χ0) is 17.8. The molecule has 5 aliphatic carbocycles. The van der Waals surface area contributed by atoms with Crippen LogP contribution in [0.15, 0.2) is 0 Å². The first-order valence-electron chi connectivity index (χ1n) is 10.7. The van der Waals surface area contributed by atoms with Crippen molar-refractivity contribution in [2.45, 2.75) is 89.5 Å². The highest BCUT2D eigenvalue weighted by Gasteiger charge is 2.56. The molecule has 0 amide bonds. The minimum atomic E-state index is -0.0828. The zero-order valence-electron chi connectivity index (χ0n) is 16.2. The molecule has 25 heavy (non-hydrogen) atoms. The first kappa shape index (κ1) is 18.3. The van der Waals surface area contributed by atoms with E-state index in [0.717, 1.165) is 30.1 Å². The summed E-state index contributed by atoms with van der Waals surface area (Å²) < 4.78 is 6.18. The van der Waals surface area contributed by atoms with Crippen LogP contribution >= 0.6 is 15.9 Å². The van der Waals surface area contributed by atoms with Gasteiger partial charge in [-0.1, -0.05) is 36.7 Å². The molecular formula is C22H35BrO2. The molecule has 5 saturated carbocycles. The molecule has 0 unspecified atom stereocenters. The molecule has 0 aromatic heterocycles. The minimum Gasteiger partial charge on any atom is -0.461 e. The van der Waals surface area contributed by atoms with Crippen LogP contribution in [0.2, 0.25) is 0 Å². The third kappa shape index (κ3) is 3.44. The number of hydrogen-bond donors (Lipinski definition) is 0. The van der Waals surface area contributed by atoms with Gasteiger partial charge in [-0.25, -0.2) is 0 Å². The topological polar surface area (TPSA) is 26.3 Å². The van der Waals surface area contributed by atoms with Gasteiger partial charge in [0.2, 0.25) is 0 Å². The van der Waals surface area contributed by atoms with Gasteiger partial charge in [0.15, 0.2) is 0 Å². The van der Waals surface area contributed by atoms with E-state index in [2.05, 4.69) is 36.7 Å². The van der Waals surface area contributed by atoms with Crippen LogP contribution in [-0.2, 0) is 9.53 Å². The van der Waals surface area contributed by atoms with Gasteiger partial charge in [0.25, 0.3) is 0 Å². The van der Waals surface area contributed by atoms with Crippen molar-refractivity contribution in [2.24, 2.45) is 40.9 Å². The minimum absolute atomic E-state index is 0.0483. The maximum atomic E-state index is 13.1. The lowest BCUT2D eigenvalue weighted by molar-refractivity contribution is -0.161. The van der Waals surface area contributed by atoms with E-state index in [1.807, 2.05) is 0 Å². The summed E-state index contributed by atoms with van der Waals surface area (Å²) >= 11 is 3.85. The number of alkyl halides is 1. The third-order valence-electron chi connectivity index (χ3n) is 8.05. The largest absolute Gasteiger partial charge is 0.461 e. The van der Waals surface area contributed by atoms with Gasteiger partial charge in [-0.05, 0) is 98.7 Å². The Morgan fingerprint density at radius 1 is 1.00 bits per heavy atom. The van der Waals surface area contributed by atoms with Gasteiger partial charge in [-0.15, -0.1) is 0 Å². The van der Waals surface area contributed by atoms with E-state index in [-0.39, 0.29) is 22.3 Å². The van der Waals surface area contributed by atoms with Gasteiger partial charge in [0, 0.05) is 0 Å². The number of ether oxygens (including phenoxy) is 1. The number of carbonyl (C=O) groups excluding carboxylic acids is 1. The Morgan fingerprint density at radius 3 is 2.08 bits per heavy atom. The van der Waals surface area contributed by atoms with Crippen molar-refractivity contribution < 1.29 is 9.53 Å². The summed E-state index contributed by atoms with van der Waals surface area (Å²) in [6.07, 6.45) is 11.6. The van der Waals surface area contributed by atoms with E-state index in [1.54, 1.807) is 0 Å². The monoisotopic (exact) mass is 410 g/mol. The maximum absolute atomic E-state index is 13.1. The van der Waals surface area contributed by atoms with Gasteiger partial charge in [-0.3, -0.25) is 4.79 Å². The molecule has 0 aromatic carbocycles. The molecule has 142 valence electrons. The molecule has 0 spiro atoms. The highest BCUT2D eigenvalue weighted by molar-refractivity contribution is 9.10. The summed E-state index contributed by atoms with van der Waals surface area (Å²) in [4.78, 5) is 13.0. The third-order valence-corrected chi connectivity index (χ3v) is 9.40. The highest BCUT2D eigenvalue weighted by atomic mass is 79.9. The van der Waals surface area contributed by atoms with Gasteiger partial charge in [0.05, 0.1) is 0 Å². The molecule has 0 aliphatic heterocycles. The quantitative estimate of drug-likeness (QED) is 0.421. The maximum Gasteiger partial charge on any atom is 0.320 e. The van der Waals surface area contributed by atoms with Crippen LogP contribution in [-0.4, -0.2) is 16.9 Å². The molecule has 0 saturated heterocycles. The van der Waals surface area contributed by atoms with Gasteiger partial charge in [-0.2, -0.15) is 0 Å². The molecule has 0 N–H and O–H groups in total. The number of carbonyl (C=O) groups is 1. The molecular weight excluding hydrogens is 376 g/mol. The molecule has 5 fully saturated rings. The van der Waals surface area contributed by atoms with Crippen LogP contribution in [0, 0.1) is 40.9 Å². The van der Waals surface area contributed by atoms with E-state index < -0.39 is 0 Å². The first-order chi connectivity index (χ1) is 11.9. The van der Waals surface area contributed by atoms with E-state index in [9.17, 15) is 4.79 Å².